The van der Waals surface area contributed by atoms with Crippen LogP contribution in [0.15, 0.2) is 158 Å². The molecule has 43 heavy (non-hydrogen) atoms. The van der Waals surface area contributed by atoms with E-state index >= 15 is 0 Å². The lowest BCUT2D eigenvalue weighted by molar-refractivity contribution is 0.487. The highest BCUT2D eigenvalue weighted by Crippen LogP contribution is 2.48. The minimum absolute atomic E-state index is 0.902. The highest BCUT2D eigenvalue weighted by molar-refractivity contribution is 6.21. The lowest BCUT2D eigenvalue weighted by Crippen LogP contribution is -1.97. The molecule has 8 aromatic rings. The van der Waals surface area contributed by atoms with Crippen molar-refractivity contribution < 1.29 is 4.74 Å². The van der Waals surface area contributed by atoms with Gasteiger partial charge in [0.2, 0.25) is 0 Å². The fourth-order valence-electron chi connectivity index (χ4n) is 6.95. The van der Waals surface area contributed by atoms with Crippen LogP contribution in [0.1, 0.15) is 0 Å². The maximum absolute atomic E-state index is 6.38. The number of benzene rings is 8. The van der Waals surface area contributed by atoms with E-state index < -0.39 is 0 Å². The quantitative estimate of drug-likeness (QED) is 0.200. The predicted molar refractivity (Wildman–Crippen MR) is 181 cm³/mol. The third kappa shape index (κ3) is 3.72. The van der Waals surface area contributed by atoms with Gasteiger partial charge in [0.15, 0.2) is 0 Å². The van der Waals surface area contributed by atoms with E-state index in [1.807, 2.05) is 0 Å². The molecule has 8 aromatic carbocycles. The monoisotopic (exact) mass is 546 g/mol. The highest BCUT2D eigenvalue weighted by Gasteiger charge is 2.21. The first kappa shape index (κ1) is 24.0. The molecular weight excluding hydrogens is 520 g/mol. The normalized spacial score (nSPS) is 11.9. The molecule has 0 amide bonds. The lowest BCUT2D eigenvalue weighted by atomic mass is 9.85. The Hall–Kier alpha value is -5.66. The summed E-state index contributed by atoms with van der Waals surface area (Å²) < 4.78 is 6.38. The number of hydrogen-bond acceptors (Lipinski definition) is 1. The van der Waals surface area contributed by atoms with E-state index in [-0.39, 0.29) is 0 Å². The van der Waals surface area contributed by atoms with Crippen molar-refractivity contribution in [1.82, 2.24) is 0 Å². The van der Waals surface area contributed by atoms with Crippen molar-refractivity contribution in [2.75, 3.05) is 0 Å². The van der Waals surface area contributed by atoms with Gasteiger partial charge in [0.1, 0.15) is 11.5 Å². The van der Waals surface area contributed by atoms with Crippen LogP contribution in [0.5, 0.6) is 11.5 Å². The van der Waals surface area contributed by atoms with Crippen LogP contribution in [0.2, 0.25) is 0 Å². The summed E-state index contributed by atoms with van der Waals surface area (Å²) in [4.78, 5) is 0. The average Bonchev–Trinajstić information content (AvgIpc) is 3.07. The van der Waals surface area contributed by atoms with E-state index in [1.165, 1.54) is 71.3 Å². The molecule has 1 heteroatoms. The zero-order valence-corrected chi connectivity index (χ0v) is 23.4. The van der Waals surface area contributed by atoms with Gasteiger partial charge >= 0.3 is 0 Å². The van der Waals surface area contributed by atoms with Gasteiger partial charge in [-0.2, -0.15) is 0 Å². The molecule has 0 saturated carbocycles. The van der Waals surface area contributed by atoms with Crippen molar-refractivity contribution in [1.29, 1.82) is 0 Å². The third-order valence-electron chi connectivity index (χ3n) is 8.83. The summed E-state index contributed by atoms with van der Waals surface area (Å²) in [6, 6.07) is 56.8. The Labute approximate surface area is 250 Å². The zero-order valence-electron chi connectivity index (χ0n) is 23.4. The second kappa shape index (κ2) is 9.44. The Kier molecular flexibility index (Phi) is 5.27. The minimum atomic E-state index is 0.902. The summed E-state index contributed by atoms with van der Waals surface area (Å²) in [5.74, 6) is 1.83. The standard InChI is InChI=1S/C42H26O/c1-2-11-27(12-3-1)40-32-17-4-6-19-34(32)41(35-20-7-5-18-33(35)40)31-16-8-15-29(25-31)30-23-24-38-37(26-30)36-21-9-13-28-14-10-22-39(43-38)42(28)36/h1-26H. The molecule has 1 heterocycles. The summed E-state index contributed by atoms with van der Waals surface area (Å²) in [7, 11) is 0. The molecule has 1 aliphatic heterocycles. The van der Waals surface area contributed by atoms with Crippen molar-refractivity contribution in [3.8, 4) is 56.0 Å². The van der Waals surface area contributed by atoms with Gasteiger partial charge in [-0.25, -0.2) is 0 Å². The van der Waals surface area contributed by atoms with E-state index in [1.54, 1.807) is 0 Å². The summed E-state index contributed by atoms with van der Waals surface area (Å²) in [6.45, 7) is 0. The maximum atomic E-state index is 6.38. The molecule has 0 spiro atoms. The Morgan fingerprint density at radius 3 is 1.60 bits per heavy atom. The molecular formula is C42H26O. The lowest BCUT2D eigenvalue weighted by Gasteiger charge is -2.22. The number of fused-ring (bicyclic) bond motifs is 4. The van der Waals surface area contributed by atoms with E-state index in [4.69, 9.17) is 4.74 Å². The van der Waals surface area contributed by atoms with Crippen LogP contribution in [0, 0.1) is 0 Å². The first-order chi connectivity index (χ1) is 21.3. The van der Waals surface area contributed by atoms with Gasteiger partial charge in [-0.3, -0.25) is 0 Å². The van der Waals surface area contributed by atoms with Crippen LogP contribution in [-0.4, -0.2) is 0 Å². The molecule has 9 rings (SSSR count). The first-order valence-corrected chi connectivity index (χ1v) is 14.8. The smallest absolute Gasteiger partial charge is 0.135 e. The summed E-state index contributed by atoms with van der Waals surface area (Å²) in [6.07, 6.45) is 0. The van der Waals surface area contributed by atoms with Crippen molar-refractivity contribution in [3.05, 3.63) is 158 Å². The van der Waals surface area contributed by atoms with Crippen LogP contribution in [0.25, 0.3) is 76.8 Å². The van der Waals surface area contributed by atoms with E-state index in [0.717, 1.165) is 17.1 Å². The van der Waals surface area contributed by atoms with Crippen LogP contribution < -0.4 is 4.74 Å². The van der Waals surface area contributed by atoms with Gasteiger partial charge < -0.3 is 4.74 Å². The second-order valence-corrected chi connectivity index (χ2v) is 11.3. The van der Waals surface area contributed by atoms with Gasteiger partial charge in [-0.05, 0) is 90.1 Å². The van der Waals surface area contributed by atoms with Crippen LogP contribution in [0.4, 0.5) is 0 Å². The van der Waals surface area contributed by atoms with Gasteiger partial charge in [0, 0.05) is 10.9 Å². The highest BCUT2D eigenvalue weighted by atomic mass is 16.5. The SMILES string of the molecule is c1ccc(-c2c3ccccc3c(-c3cccc(-c4ccc5c(c4)-c4cccc6cccc(c46)O5)c3)c3ccccc23)cc1. The molecule has 0 N–H and O–H groups in total. The summed E-state index contributed by atoms with van der Waals surface area (Å²) in [5, 5.41) is 7.44. The maximum Gasteiger partial charge on any atom is 0.135 e. The molecule has 1 aliphatic rings. The molecule has 0 radical (unpaired) electrons. The van der Waals surface area contributed by atoms with Gasteiger partial charge in [-0.15, -0.1) is 0 Å². The molecule has 0 aromatic heterocycles. The molecule has 200 valence electrons. The van der Waals surface area contributed by atoms with Crippen molar-refractivity contribution in [2.45, 2.75) is 0 Å². The average molecular weight is 547 g/mol. The van der Waals surface area contributed by atoms with Crippen LogP contribution in [0.3, 0.4) is 0 Å². The first-order valence-electron chi connectivity index (χ1n) is 14.8. The molecule has 0 unspecified atom stereocenters. The molecule has 0 aliphatic carbocycles. The number of hydrogen-bond donors (Lipinski definition) is 0. The Balaban J connectivity index is 1.25. The largest absolute Gasteiger partial charge is 0.456 e. The Morgan fingerprint density at radius 1 is 0.326 bits per heavy atom. The van der Waals surface area contributed by atoms with Crippen LogP contribution in [-0.2, 0) is 0 Å². The minimum Gasteiger partial charge on any atom is -0.456 e. The molecule has 0 fully saturated rings. The molecule has 0 bridgehead atoms. The third-order valence-corrected chi connectivity index (χ3v) is 8.83. The molecule has 1 nitrogen and oxygen atoms in total. The predicted octanol–water partition coefficient (Wildman–Crippen LogP) is 11.9. The fraction of sp³-hybridized carbons (Fsp3) is 0. The van der Waals surface area contributed by atoms with Gasteiger partial charge in [0.05, 0.1) is 0 Å². The van der Waals surface area contributed by atoms with E-state index in [2.05, 4.69) is 158 Å². The summed E-state index contributed by atoms with van der Waals surface area (Å²) in [5.41, 5.74) is 9.73. The Bertz CT molecular complexity index is 2300. The van der Waals surface area contributed by atoms with Crippen LogP contribution >= 0.6 is 0 Å². The number of ether oxygens (including phenoxy) is 1. The molecule has 0 saturated heterocycles. The zero-order chi connectivity index (χ0) is 28.3. The van der Waals surface area contributed by atoms with Crippen molar-refractivity contribution in [3.63, 3.8) is 0 Å². The van der Waals surface area contributed by atoms with E-state index in [9.17, 15) is 0 Å². The second-order valence-electron chi connectivity index (χ2n) is 11.3. The van der Waals surface area contributed by atoms with E-state index in [0.29, 0.717) is 0 Å². The number of rotatable bonds is 3. The molecule has 0 atom stereocenters. The fourth-order valence-corrected chi connectivity index (χ4v) is 6.95. The van der Waals surface area contributed by atoms with Gasteiger partial charge in [0.25, 0.3) is 0 Å². The Morgan fingerprint density at radius 2 is 0.884 bits per heavy atom. The topological polar surface area (TPSA) is 9.23 Å². The van der Waals surface area contributed by atoms with Gasteiger partial charge in [-0.1, -0.05) is 133 Å². The van der Waals surface area contributed by atoms with Crippen molar-refractivity contribution >= 4 is 32.3 Å². The van der Waals surface area contributed by atoms with Crippen molar-refractivity contribution in [2.24, 2.45) is 0 Å². The summed E-state index contributed by atoms with van der Waals surface area (Å²) >= 11 is 0.